The Balaban J connectivity index is 1.43. The SMILES string of the molecule is CC(C)C[C@H](NC(=O)[C@H](CC(C)C)NC(=O)[C@H](Cc1cnc[nH]1)NC(=O)CNC(=O)[C@H](CS)NC(=O)[C@@H](NC(=O)[C@H](C)NC(=O)[C@H](Cc1c[nH]c2ccccc12)NC(=O)[C@H](CCC(N)=O)NC(=O)[C@H](N)Cc1ccccc1)C(C)C)C(N)=O. The molecule has 2 heterocycles. The number of nitrogens with two attached hydrogens (primary N) is 3. The number of rotatable bonds is 34. The van der Waals surface area contributed by atoms with E-state index in [9.17, 15) is 52.7 Å². The minimum Gasteiger partial charge on any atom is -0.370 e. The van der Waals surface area contributed by atoms with Gasteiger partial charge in [0.2, 0.25) is 65.0 Å². The third-order valence-corrected chi connectivity index (χ3v) is 13.6. The zero-order valence-corrected chi connectivity index (χ0v) is 48.7. The van der Waals surface area contributed by atoms with Gasteiger partial charge < -0.3 is 75.0 Å². The summed E-state index contributed by atoms with van der Waals surface area (Å²) in [6.07, 6.45) is 4.32. The molecule has 0 aliphatic rings. The van der Waals surface area contributed by atoms with Gasteiger partial charge in [-0.25, -0.2) is 4.98 Å². The Morgan fingerprint density at radius 3 is 1.75 bits per heavy atom. The molecule has 452 valence electrons. The van der Waals surface area contributed by atoms with E-state index in [-0.39, 0.29) is 62.5 Å². The number of primary amides is 2. The molecule has 0 unspecified atom stereocenters. The second-order valence-electron chi connectivity index (χ2n) is 21.6. The van der Waals surface area contributed by atoms with Crippen molar-refractivity contribution in [3.63, 3.8) is 0 Å². The van der Waals surface area contributed by atoms with Gasteiger partial charge in [0.25, 0.3) is 0 Å². The van der Waals surface area contributed by atoms with E-state index in [2.05, 4.69) is 75.4 Å². The summed E-state index contributed by atoms with van der Waals surface area (Å²) >= 11 is 4.25. The van der Waals surface area contributed by atoms with Crippen LogP contribution in [0.25, 0.3) is 10.9 Å². The molecular formula is C56H81N15O11S. The molecule has 0 saturated carbocycles. The molecule has 0 fully saturated rings. The zero-order valence-electron chi connectivity index (χ0n) is 47.8. The predicted octanol–water partition coefficient (Wildman–Crippen LogP) is -1.31. The Morgan fingerprint density at radius 2 is 1.13 bits per heavy atom. The number of hydrogen-bond donors (Lipinski definition) is 15. The summed E-state index contributed by atoms with van der Waals surface area (Å²) in [5, 5.41) is 24.1. The van der Waals surface area contributed by atoms with E-state index in [0.717, 1.165) is 16.5 Å². The van der Waals surface area contributed by atoms with Crippen LogP contribution in [-0.2, 0) is 72.0 Å². The number of thiol groups is 1. The van der Waals surface area contributed by atoms with Crippen LogP contribution in [0.15, 0.2) is 73.3 Å². The van der Waals surface area contributed by atoms with Crippen molar-refractivity contribution in [2.45, 2.75) is 148 Å². The van der Waals surface area contributed by atoms with Crippen molar-refractivity contribution in [2.24, 2.45) is 35.0 Å². The fraction of sp³-hybridized carbons (Fsp3) is 0.500. The number of hydrogen-bond acceptors (Lipinski definition) is 14. The van der Waals surface area contributed by atoms with E-state index in [0.29, 0.717) is 11.3 Å². The summed E-state index contributed by atoms with van der Waals surface area (Å²) in [4.78, 5) is 158. The average Bonchev–Trinajstić information content (AvgIpc) is 4.37. The molecule has 11 amide bonds. The number of nitrogens with zero attached hydrogens (tertiary/aromatic N) is 1. The van der Waals surface area contributed by atoms with Crippen molar-refractivity contribution in [2.75, 3.05) is 12.3 Å². The van der Waals surface area contributed by atoms with E-state index in [4.69, 9.17) is 17.2 Å². The number of amides is 11. The van der Waals surface area contributed by atoms with Gasteiger partial charge in [-0.3, -0.25) is 52.7 Å². The van der Waals surface area contributed by atoms with Crippen LogP contribution in [0.1, 0.15) is 91.0 Å². The van der Waals surface area contributed by atoms with E-state index < -0.39 is 132 Å². The molecule has 0 bridgehead atoms. The van der Waals surface area contributed by atoms with Gasteiger partial charge in [0.05, 0.1) is 18.9 Å². The first kappa shape index (κ1) is 67.2. The van der Waals surface area contributed by atoms with Crippen LogP contribution in [0.4, 0.5) is 0 Å². The van der Waals surface area contributed by atoms with E-state index in [1.807, 2.05) is 45.9 Å². The minimum absolute atomic E-state index is 0.0159. The lowest BCUT2D eigenvalue weighted by Crippen LogP contribution is -2.60. The van der Waals surface area contributed by atoms with Gasteiger partial charge in [0.15, 0.2) is 0 Å². The van der Waals surface area contributed by atoms with Crippen LogP contribution in [-0.4, -0.2) is 147 Å². The van der Waals surface area contributed by atoms with Gasteiger partial charge in [-0.15, -0.1) is 0 Å². The third-order valence-electron chi connectivity index (χ3n) is 13.3. The van der Waals surface area contributed by atoms with Crippen molar-refractivity contribution >= 4 is 88.5 Å². The average molecular weight is 1170 g/mol. The van der Waals surface area contributed by atoms with Gasteiger partial charge >= 0.3 is 0 Å². The lowest BCUT2D eigenvalue weighted by atomic mass is 9.99. The van der Waals surface area contributed by atoms with Crippen LogP contribution < -0.4 is 65.1 Å². The molecule has 26 nitrogen and oxygen atoms in total. The highest BCUT2D eigenvalue weighted by molar-refractivity contribution is 7.80. The topological polar surface area (TPSA) is 419 Å². The summed E-state index contributed by atoms with van der Waals surface area (Å²) in [5.74, 6) is -9.46. The van der Waals surface area contributed by atoms with Gasteiger partial charge in [0.1, 0.15) is 48.3 Å². The largest absolute Gasteiger partial charge is 0.370 e. The van der Waals surface area contributed by atoms with Crippen LogP contribution >= 0.6 is 12.6 Å². The van der Waals surface area contributed by atoms with Crippen molar-refractivity contribution < 1.29 is 52.7 Å². The summed E-state index contributed by atoms with van der Waals surface area (Å²) in [6, 6.07) is 5.00. The standard InChI is InChI=1S/C56H81N15O11S/c1-29(2)19-40(48(59)74)67-54(80)41(20-30(3)4)68-55(81)43(23-35-25-60-28-63-35)65-46(73)26-62-51(77)44(27-83)70-56(82)47(31(5)6)71-49(75)32(7)64-53(79)42(22-34-24-61-38-16-12-11-15-36(34)38)69-52(78)39(17-18-45(58)72)66-50(76)37(57)21-33-13-9-8-10-14-33/h8-16,24-25,28-32,37,39-44,47,61,83H,17-23,26-27,57H2,1-7H3,(H2,58,72)(H2,59,74)(H,60,63)(H,62,77)(H,64,79)(H,65,73)(H,66,76)(H,67,80)(H,68,81)(H,69,78)(H,70,82)(H,71,75)/t32-,37+,39-,40-,41-,42-,43-,44-,47-/m0/s1. The highest BCUT2D eigenvalue weighted by atomic mass is 32.1. The normalized spacial score (nSPS) is 14.6. The summed E-state index contributed by atoms with van der Waals surface area (Å²) in [6.45, 7) is 11.3. The highest BCUT2D eigenvalue weighted by Gasteiger charge is 2.35. The number of carbonyl (C=O) groups is 11. The number of imidazole rings is 1. The van der Waals surface area contributed by atoms with Crippen LogP contribution in [0, 0.1) is 17.8 Å². The third kappa shape index (κ3) is 22.2. The molecule has 17 N–H and O–H groups in total. The van der Waals surface area contributed by atoms with Crippen molar-refractivity contribution in [3.05, 3.63) is 90.1 Å². The quantitative estimate of drug-likeness (QED) is 0.0242. The molecule has 83 heavy (non-hydrogen) atoms. The predicted molar refractivity (Wildman–Crippen MR) is 312 cm³/mol. The van der Waals surface area contributed by atoms with E-state index in [1.165, 1.54) is 19.4 Å². The molecular weight excluding hydrogens is 1090 g/mol. The van der Waals surface area contributed by atoms with Gasteiger partial charge in [-0.2, -0.15) is 12.6 Å². The lowest BCUT2D eigenvalue weighted by molar-refractivity contribution is -0.135. The summed E-state index contributed by atoms with van der Waals surface area (Å²) in [7, 11) is 0. The van der Waals surface area contributed by atoms with Crippen LogP contribution in [0.2, 0.25) is 0 Å². The number of aromatic amines is 2. The monoisotopic (exact) mass is 1170 g/mol. The number of nitrogens with one attached hydrogen (secondary N) is 11. The molecule has 0 spiro atoms. The highest BCUT2D eigenvalue weighted by Crippen LogP contribution is 2.20. The van der Waals surface area contributed by atoms with Crippen molar-refractivity contribution in [1.82, 2.24) is 62.8 Å². The van der Waals surface area contributed by atoms with Gasteiger partial charge in [-0.05, 0) is 67.6 Å². The number of para-hydroxylation sites is 1. The first-order valence-electron chi connectivity index (χ1n) is 27.5. The Morgan fingerprint density at radius 1 is 0.566 bits per heavy atom. The second kappa shape index (κ2) is 32.9. The number of aromatic nitrogens is 3. The number of carbonyl (C=O) groups excluding carboxylic acids is 11. The maximum atomic E-state index is 14.2. The molecule has 2 aromatic heterocycles. The van der Waals surface area contributed by atoms with Gasteiger partial charge in [-0.1, -0.05) is 90.1 Å². The van der Waals surface area contributed by atoms with Crippen LogP contribution in [0.5, 0.6) is 0 Å². The fourth-order valence-corrected chi connectivity index (χ4v) is 9.03. The van der Waals surface area contributed by atoms with Crippen LogP contribution in [0.3, 0.4) is 0 Å². The second-order valence-corrected chi connectivity index (χ2v) is 22.0. The van der Waals surface area contributed by atoms with Gasteiger partial charge in [0, 0.05) is 54.0 Å². The molecule has 0 aliphatic heterocycles. The first-order valence-corrected chi connectivity index (χ1v) is 28.1. The Hall–Kier alpha value is -8.33. The molecule has 0 aliphatic carbocycles. The van der Waals surface area contributed by atoms with E-state index in [1.54, 1.807) is 56.4 Å². The summed E-state index contributed by atoms with van der Waals surface area (Å²) in [5.41, 5.74) is 19.8. The molecule has 27 heteroatoms. The minimum atomic E-state index is -1.37. The Bertz CT molecular complexity index is 2860. The maximum absolute atomic E-state index is 14.2. The first-order chi connectivity index (χ1) is 39.3. The Kier molecular flexibility index (Phi) is 26.7. The molecule has 0 radical (unpaired) electrons. The molecule has 4 aromatic rings. The maximum Gasteiger partial charge on any atom is 0.243 e. The van der Waals surface area contributed by atoms with E-state index >= 15 is 0 Å². The van der Waals surface area contributed by atoms with Crippen molar-refractivity contribution in [3.8, 4) is 0 Å². The fourth-order valence-electron chi connectivity index (χ4n) is 8.77. The molecule has 0 saturated heterocycles. The smallest absolute Gasteiger partial charge is 0.243 e. The number of benzene rings is 2. The molecule has 4 rings (SSSR count). The lowest BCUT2D eigenvalue weighted by Gasteiger charge is -2.27. The summed E-state index contributed by atoms with van der Waals surface area (Å²) < 4.78 is 0. The Labute approximate surface area is 487 Å². The molecule has 9 atom stereocenters. The zero-order chi connectivity index (χ0) is 61.5. The molecule has 2 aromatic carbocycles. The number of fused-ring (bicyclic) bond motifs is 1. The van der Waals surface area contributed by atoms with Crippen molar-refractivity contribution in [1.29, 1.82) is 0 Å². The number of H-pyrrole nitrogens is 2.